The number of thiophene rings is 1. The molecule has 0 spiro atoms. The van der Waals surface area contributed by atoms with Crippen molar-refractivity contribution in [1.29, 1.82) is 0 Å². The van der Waals surface area contributed by atoms with Crippen molar-refractivity contribution in [1.82, 2.24) is 4.57 Å². The average Bonchev–Trinajstić information content (AvgIpc) is 3.17. The van der Waals surface area contributed by atoms with Crippen LogP contribution in [0.4, 0.5) is 5.00 Å². The van der Waals surface area contributed by atoms with Gasteiger partial charge in [-0.3, -0.25) is 9.59 Å². The van der Waals surface area contributed by atoms with Crippen molar-refractivity contribution < 1.29 is 14.6 Å². The second kappa shape index (κ2) is 9.80. The lowest BCUT2D eigenvalue weighted by Gasteiger charge is -2.14. The van der Waals surface area contributed by atoms with Gasteiger partial charge in [-0.05, 0) is 54.5 Å². The van der Waals surface area contributed by atoms with Crippen LogP contribution in [0.3, 0.4) is 0 Å². The molecule has 0 aliphatic carbocycles. The van der Waals surface area contributed by atoms with Crippen LogP contribution in [0.15, 0.2) is 34.4 Å². The Hall–Kier alpha value is -2.80. The maximum Gasteiger partial charge on any atom is 0.267 e. The molecule has 0 saturated carbocycles. The molecule has 0 aliphatic heterocycles. The maximum absolute atomic E-state index is 13.0. The molecule has 1 amide bonds. The first kappa shape index (κ1) is 21.9. The normalized spacial score (nSPS) is 11.0. The molecule has 30 heavy (non-hydrogen) atoms. The van der Waals surface area contributed by atoms with Gasteiger partial charge in [0, 0.05) is 12.4 Å². The van der Waals surface area contributed by atoms with Crippen molar-refractivity contribution in [3.63, 3.8) is 0 Å². The van der Waals surface area contributed by atoms with Crippen molar-refractivity contribution >= 4 is 33.1 Å². The van der Waals surface area contributed by atoms with Crippen molar-refractivity contribution in [2.75, 3.05) is 11.9 Å². The molecule has 1 aromatic carbocycles. The number of aromatic hydroxyl groups is 1. The highest BCUT2D eigenvalue weighted by Crippen LogP contribution is 2.31. The van der Waals surface area contributed by atoms with E-state index in [2.05, 4.69) is 19.2 Å². The topological polar surface area (TPSA) is 80.6 Å². The van der Waals surface area contributed by atoms with Crippen LogP contribution in [0.25, 0.3) is 10.9 Å². The van der Waals surface area contributed by atoms with E-state index >= 15 is 0 Å². The van der Waals surface area contributed by atoms with Gasteiger partial charge in [-0.1, -0.05) is 26.7 Å². The number of fused-ring (bicyclic) bond motifs is 1. The van der Waals surface area contributed by atoms with E-state index in [1.807, 2.05) is 11.4 Å². The first-order chi connectivity index (χ1) is 14.5. The summed E-state index contributed by atoms with van der Waals surface area (Å²) in [6.07, 6.45) is 4.86. The largest absolute Gasteiger partial charge is 0.506 e. The molecule has 6 nitrogen and oxygen atoms in total. The van der Waals surface area contributed by atoms with Crippen LogP contribution in [0.1, 0.15) is 55.5 Å². The second-order valence-electron chi connectivity index (χ2n) is 7.30. The fourth-order valence-corrected chi connectivity index (χ4v) is 4.16. The quantitative estimate of drug-likeness (QED) is 0.466. The summed E-state index contributed by atoms with van der Waals surface area (Å²) in [6, 6.07) is 7.15. The number of carbonyl (C=O) groups excluding carboxylic acids is 1. The fraction of sp³-hybridized carbons (Fsp3) is 0.391. The first-order valence-corrected chi connectivity index (χ1v) is 11.2. The van der Waals surface area contributed by atoms with Crippen molar-refractivity contribution in [2.24, 2.45) is 7.05 Å². The molecule has 0 fully saturated rings. The van der Waals surface area contributed by atoms with E-state index in [0.717, 1.165) is 37.7 Å². The number of hydrogen-bond acceptors (Lipinski definition) is 5. The number of amides is 1. The van der Waals surface area contributed by atoms with Gasteiger partial charge < -0.3 is 19.7 Å². The number of hydrogen-bond donors (Lipinski definition) is 2. The third kappa shape index (κ3) is 4.51. The van der Waals surface area contributed by atoms with Crippen LogP contribution in [0.5, 0.6) is 11.5 Å². The van der Waals surface area contributed by atoms with Gasteiger partial charge in [-0.15, -0.1) is 11.3 Å². The zero-order chi connectivity index (χ0) is 21.7. The summed E-state index contributed by atoms with van der Waals surface area (Å²) in [5, 5.41) is 16.7. The molecule has 2 aromatic heterocycles. The Balaban J connectivity index is 1.97. The number of pyridine rings is 1. The van der Waals surface area contributed by atoms with Gasteiger partial charge in [0.05, 0.1) is 17.1 Å². The Morgan fingerprint density at radius 1 is 1.20 bits per heavy atom. The van der Waals surface area contributed by atoms with Gasteiger partial charge in [0.25, 0.3) is 11.5 Å². The zero-order valence-electron chi connectivity index (χ0n) is 17.7. The van der Waals surface area contributed by atoms with Crippen molar-refractivity contribution in [2.45, 2.75) is 46.0 Å². The predicted octanol–water partition coefficient (Wildman–Crippen LogP) is 5.08. The number of anilines is 1. The van der Waals surface area contributed by atoms with E-state index in [1.165, 1.54) is 15.9 Å². The third-order valence-electron chi connectivity index (χ3n) is 5.11. The number of carbonyl (C=O) groups is 1. The standard InChI is InChI=1S/C23H28N2O4S/c1-4-6-8-15-11-13-30-22(15)24-21(27)19-20(26)17-14-16(29-12-7-5-2)9-10-18(17)25(3)23(19)28/h9-11,13-14,26H,4-8,12H2,1-3H3,(H,24,27). The number of ether oxygens (including phenoxy) is 1. The Morgan fingerprint density at radius 2 is 1.97 bits per heavy atom. The van der Waals surface area contributed by atoms with E-state index in [4.69, 9.17) is 4.74 Å². The van der Waals surface area contributed by atoms with E-state index in [9.17, 15) is 14.7 Å². The van der Waals surface area contributed by atoms with Crippen LogP contribution < -0.4 is 15.6 Å². The Labute approximate surface area is 180 Å². The summed E-state index contributed by atoms with van der Waals surface area (Å²) >= 11 is 1.41. The molecule has 0 radical (unpaired) electrons. The summed E-state index contributed by atoms with van der Waals surface area (Å²) in [4.78, 5) is 25.8. The molecule has 3 aromatic rings. The highest BCUT2D eigenvalue weighted by Gasteiger charge is 2.22. The zero-order valence-corrected chi connectivity index (χ0v) is 18.5. The van der Waals surface area contributed by atoms with Gasteiger partial charge in [0.1, 0.15) is 17.1 Å². The van der Waals surface area contributed by atoms with E-state index in [1.54, 1.807) is 25.2 Å². The first-order valence-electron chi connectivity index (χ1n) is 10.3. The molecule has 0 saturated heterocycles. The molecule has 3 rings (SSSR count). The molecule has 160 valence electrons. The lowest BCUT2D eigenvalue weighted by atomic mass is 10.1. The second-order valence-corrected chi connectivity index (χ2v) is 8.22. The van der Waals surface area contributed by atoms with Gasteiger partial charge >= 0.3 is 0 Å². The number of aryl methyl sites for hydroxylation is 2. The van der Waals surface area contributed by atoms with Crippen LogP contribution in [0, 0.1) is 0 Å². The molecule has 7 heteroatoms. The molecular weight excluding hydrogens is 400 g/mol. The number of rotatable bonds is 9. The van der Waals surface area contributed by atoms with Gasteiger partial charge in [-0.25, -0.2) is 0 Å². The highest BCUT2D eigenvalue weighted by atomic mass is 32.1. The van der Waals surface area contributed by atoms with E-state index in [0.29, 0.717) is 28.3 Å². The van der Waals surface area contributed by atoms with Crippen LogP contribution >= 0.6 is 11.3 Å². The minimum atomic E-state index is -0.604. The van der Waals surface area contributed by atoms with Gasteiger partial charge in [0.15, 0.2) is 0 Å². The van der Waals surface area contributed by atoms with E-state index in [-0.39, 0.29) is 11.3 Å². The van der Waals surface area contributed by atoms with Crippen LogP contribution in [-0.2, 0) is 13.5 Å². The minimum absolute atomic E-state index is 0.259. The fourth-order valence-electron chi connectivity index (χ4n) is 3.31. The Bertz CT molecular complexity index is 1100. The molecule has 0 unspecified atom stereocenters. The van der Waals surface area contributed by atoms with Gasteiger partial charge in [0.2, 0.25) is 0 Å². The Kier molecular flexibility index (Phi) is 7.15. The summed E-state index contributed by atoms with van der Waals surface area (Å²) in [5.41, 5.74) is 0.782. The molecule has 0 aliphatic rings. The highest BCUT2D eigenvalue weighted by molar-refractivity contribution is 7.14. The van der Waals surface area contributed by atoms with E-state index < -0.39 is 11.5 Å². The number of benzene rings is 1. The number of nitrogens with zero attached hydrogens (tertiary/aromatic N) is 1. The molecule has 0 bridgehead atoms. The van der Waals surface area contributed by atoms with Crippen molar-refractivity contribution in [3.05, 3.63) is 51.1 Å². The summed E-state index contributed by atoms with van der Waals surface area (Å²) in [7, 11) is 1.59. The number of nitrogens with one attached hydrogen (secondary N) is 1. The molecule has 2 N–H and O–H groups in total. The number of unbranched alkanes of at least 4 members (excludes halogenated alkanes) is 2. The molecular formula is C23H28N2O4S. The summed E-state index contributed by atoms with van der Waals surface area (Å²) < 4.78 is 7.10. The smallest absolute Gasteiger partial charge is 0.267 e. The molecule has 0 atom stereocenters. The van der Waals surface area contributed by atoms with Crippen LogP contribution in [-0.4, -0.2) is 22.2 Å². The minimum Gasteiger partial charge on any atom is -0.506 e. The Morgan fingerprint density at radius 3 is 2.70 bits per heavy atom. The maximum atomic E-state index is 13.0. The number of aromatic nitrogens is 1. The predicted molar refractivity (Wildman–Crippen MR) is 122 cm³/mol. The summed E-state index contributed by atoms with van der Waals surface area (Å²) in [6.45, 7) is 4.76. The third-order valence-corrected chi connectivity index (χ3v) is 5.98. The monoisotopic (exact) mass is 428 g/mol. The lowest BCUT2D eigenvalue weighted by Crippen LogP contribution is -2.28. The SMILES string of the molecule is CCCCOc1ccc2c(c1)c(O)c(C(=O)Nc1sccc1CCCC)c(=O)n2C. The summed E-state index contributed by atoms with van der Waals surface area (Å²) in [5.74, 6) is -0.331. The molecule has 2 heterocycles. The average molecular weight is 429 g/mol. The van der Waals surface area contributed by atoms with Crippen molar-refractivity contribution in [3.8, 4) is 11.5 Å². The van der Waals surface area contributed by atoms with Gasteiger partial charge in [-0.2, -0.15) is 0 Å². The lowest BCUT2D eigenvalue weighted by molar-refractivity contribution is 0.102. The van der Waals surface area contributed by atoms with Crippen LogP contribution in [0.2, 0.25) is 0 Å².